The fourth-order valence-corrected chi connectivity index (χ4v) is 6.57. The molecule has 8 heteroatoms. The maximum absolute atomic E-state index is 13.9. The summed E-state index contributed by atoms with van der Waals surface area (Å²) in [6.07, 6.45) is 11.8. The van der Waals surface area contributed by atoms with Gasteiger partial charge in [-0.15, -0.1) is 0 Å². The van der Waals surface area contributed by atoms with E-state index in [1.54, 1.807) is 12.5 Å². The van der Waals surface area contributed by atoms with Crippen LogP contribution in [-0.4, -0.2) is 51.7 Å². The predicted molar refractivity (Wildman–Crippen MR) is 182 cm³/mol. The van der Waals surface area contributed by atoms with Gasteiger partial charge in [-0.2, -0.15) is 0 Å². The molecule has 0 unspecified atom stereocenters. The van der Waals surface area contributed by atoms with Crippen LogP contribution in [0, 0.1) is 17.8 Å². The molecule has 250 valence electrons. The van der Waals surface area contributed by atoms with E-state index < -0.39 is 18.2 Å². The number of hydrogen-bond acceptors (Lipinski definition) is 5. The Bertz CT molecular complexity index is 1260. The largest absolute Gasteiger partial charge is 0.391 e. The van der Waals surface area contributed by atoms with E-state index in [-0.39, 0.29) is 24.2 Å². The Kier molecular flexibility index (Phi) is 14.8. The van der Waals surface area contributed by atoms with Crippen LogP contribution in [-0.2, 0) is 33.8 Å². The van der Waals surface area contributed by atoms with Gasteiger partial charge in [-0.05, 0) is 54.6 Å². The number of benzene rings is 2. The van der Waals surface area contributed by atoms with Crippen molar-refractivity contribution in [2.24, 2.45) is 17.8 Å². The number of carbonyl (C=O) groups is 2. The number of aliphatic hydroxyl groups is 1. The predicted octanol–water partition coefficient (Wildman–Crippen LogP) is 6.16. The number of ether oxygens (including phenoxy) is 1. The lowest BCUT2D eigenvalue weighted by Crippen LogP contribution is -2.54. The first-order valence-corrected chi connectivity index (χ1v) is 17.3. The second kappa shape index (κ2) is 19.2. The average molecular weight is 631 g/mol. The van der Waals surface area contributed by atoms with Crippen LogP contribution >= 0.6 is 0 Å². The molecule has 4 N–H and O–H groups in total. The lowest BCUT2D eigenvalue weighted by atomic mass is 9.80. The number of nitrogens with zero attached hydrogens (tertiary/aromatic N) is 1. The van der Waals surface area contributed by atoms with E-state index in [1.807, 2.05) is 48.5 Å². The third-order valence-corrected chi connectivity index (χ3v) is 9.45. The Labute approximate surface area is 275 Å². The topological polar surface area (TPSA) is 116 Å². The van der Waals surface area contributed by atoms with Crippen molar-refractivity contribution in [3.05, 3.63) is 90.0 Å². The van der Waals surface area contributed by atoms with Crippen LogP contribution in [0.4, 0.5) is 0 Å². The molecule has 46 heavy (non-hydrogen) atoms. The van der Waals surface area contributed by atoms with Crippen LogP contribution in [0.2, 0.25) is 0 Å². The van der Waals surface area contributed by atoms with Gasteiger partial charge in [0.1, 0.15) is 6.04 Å². The number of aryl methyl sites for hydroxylation is 1. The van der Waals surface area contributed by atoms with Crippen LogP contribution in [0.25, 0.3) is 0 Å². The van der Waals surface area contributed by atoms with Crippen molar-refractivity contribution in [3.8, 4) is 0 Å². The zero-order valence-electron chi connectivity index (χ0n) is 27.7. The van der Waals surface area contributed by atoms with Gasteiger partial charge in [0.25, 0.3) is 0 Å². The number of H-pyrrole nitrogens is 1. The molecule has 1 aliphatic carbocycles. The maximum atomic E-state index is 13.9. The summed E-state index contributed by atoms with van der Waals surface area (Å²) in [6.45, 7) is 5.57. The van der Waals surface area contributed by atoms with Crippen molar-refractivity contribution in [2.75, 3.05) is 6.61 Å². The van der Waals surface area contributed by atoms with E-state index >= 15 is 0 Å². The fourth-order valence-electron chi connectivity index (χ4n) is 6.57. The highest BCUT2D eigenvalue weighted by atomic mass is 16.5. The first-order valence-electron chi connectivity index (χ1n) is 17.3. The second-order valence-electron chi connectivity index (χ2n) is 13.4. The van der Waals surface area contributed by atoms with Crippen LogP contribution in [0.5, 0.6) is 0 Å². The third-order valence-electron chi connectivity index (χ3n) is 9.45. The normalized spacial score (nSPS) is 16.4. The number of hydrogen-bond donors (Lipinski definition) is 4. The van der Waals surface area contributed by atoms with Gasteiger partial charge < -0.3 is 25.5 Å². The third kappa shape index (κ3) is 12.4. The molecule has 1 saturated carbocycles. The molecule has 1 heterocycles. The molecule has 1 aliphatic rings. The molecule has 4 atom stereocenters. The Hall–Kier alpha value is -3.49. The molecular weight excluding hydrogens is 576 g/mol. The summed E-state index contributed by atoms with van der Waals surface area (Å²) in [5.41, 5.74) is 2.99. The smallest absolute Gasteiger partial charge is 0.243 e. The minimum atomic E-state index is -0.780. The lowest BCUT2D eigenvalue weighted by Gasteiger charge is -2.33. The lowest BCUT2D eigenvalue weighted by molar-refractivity contribution is -0.130. The molecule has 0 spiro atoms. The Balaban J connectivity index is 1.40. The molecule has 2 amide bonds. The highest BCUT2D eigenvalue weighted by molar-refractivity contribution is 5.88. The van der Waals surface area contributed by atoms with Gasteiger partial charge in [0, 0.05) is 31.3 Å². The number of aliphatic hydroxyl groups excluding tert-OH is 1. The maximum Gasteiger partial charge on any atom is 0.243 e. The highest BCUT2D eigenvalue weighted by Crippen LogP contribution is 2.30. The van der Waals surface area contributed by atoms with Crippen LogP contribution < -0.4 is 10.6 Å². The van der Waals surface area contributed by atoms with Crippen LogP contribution in [0.1, 0.15) is 88.5 Å². The fraction of sp³-hybridized carbons (Fsp3) is 0.553. The monoisotopic (exact) mass is 630 g/mol. The molecule has 1 fully saturated rings. The number of carbonyl (C=O) groups excluding carboxylic acids is 2. The molecule has 2 aromatic carbocycles. The number of aromatic amines is 1. The molecule has 0 radical (unpaired) electrons. The van der Waals surface area contributed by atoms with Gasteiger partial charge in [0.15, 0.2) is 0 Å². The zero-order chi connectivity index (χ0) is 32.6. The summed E-state index contributed by atoms with van der Waals surface area (Å²) in [6, 6.07) is 18.9. The minimum Gasteiger partial charge on any atom is -0.391 e. The summed E-state index contributed by atoms with van der Waals surface area (Å²) in [7, 11) is 0. The number of aromatic nitrogens is 2. The molecule has 3 aromatic rings. The first-order chi connectivity index (χ1) is 22.4. The van der Waals surface area contributed by atoms with E-state index in [2.05, 4.69) is 46.6 Å². The summed E-state index contributed by atoms with van der Waals surface area (Å²) in [4.78, 5) is 34.1. The minimum absolute atomic E-state index is 0.178. The van der Waals surface area contributed by atoms with E-state index in [4.69, 9.17) is 4.74 Å². The summed E-state index contributed by atoms with van der Waals surface area (Å²) >= 11 is 0. The Morgan fingerprint density at radius 1 is 0.978 bits per heavy atom. The summed E-state index contributed by atoms with van der Waals surface area (Å²) in [5.74, 6) is 0.623. The summed E-state index contributed by atoms with van der Waals surface area (Å²) < 4.78 is 6.00. The van der Waals surface area contributed by atoms with Gasteiger partial charge in [-0.3, -0.25) is 9.59 Å². The van der Waals surface area contributed by atoms with E-state index in [1.165, 1.54) is 19.3 Å². The van der Waals surface area contributed by atoms with Crippen LogP contribution in [0.3, 0.4) is 0 Å². The SMILES string of the molecule is CC(C)[C@@H](CCOCc1ccccc1)C[C@H](O)[C@H](CC1CCCCC1)NC(=O)[C@H](Cc1cnc[nH]1)NC(=O)CCc1ccccc1. The first kappa shape index (κ1) is 35.4. The second-order valence-corrected chi connectivity index (χ2v) is 13.4. The zero-order valence-corrected chi connectivity index (χ0v) is 27.7. The molecule has 1 aromatic heterocycles. The van der Waals surface area contributed by atoms with Crippen molar-refractivity contribution in [1.29, 1.82) is 0 Å². The van der Waals surface area contributed by atoms with Crippen molar-refractivity contribution in [3.63, 3.8) is 0 Å². The van der Waals surface area contributed by atoms with E-state index in [0.717, 1.165) is 42.5 Å². The quantitative estimate of drug-likeness (QED) is 0.119. The number of amides is 2. The van der Waals surface area contributed by atoms with Gasteiger partial charge >= 0.3 is 0 Å². The number of rotatable bonds is 19. The van der Waals surface area contributed by atoms with Gasteiger partial charge in [0.05, 0.1) is 25.1 Å². The molecule has 0 saturated heterocycles. The summed E-state index contributed by atoms with van der Waals surface area (Å²) in [5, 5.41) is 17.9. The molecule has 4 rings (SSSR count). The molecule has 0 aliphatic heterocycles. The van der Waals surface area contributed by atoms with Gasteiger partial charge in [-0.1, -0.05) is 107 Å². The average Bonchev–Trinajstić information content (AvgIpc) is 3.59. The van der Waals surface area contributed by atoms with Crippen molar-refractivity contribution in [1.82, 2.24) is 20.6 Å². The Morgan fingerprint density at radius 3 is 2.33 bits per heavy atom. The van der Waals surface area contributed by atoms with Crippen molar-refractivity contribution < 1.29 is 19.4 Å². The number of imidazole rings is 1. The van der Waals surface area contributed by atoms with Gasteiger partial charge in [-0.25, -0.2) is 4.98 Å². The highest BCUT2D eigenvalue weighted by Gasteiger charge is 2.31. The molecule has 0 bridgehead atoms. The van der Waals surface area contributed by atoms with E-state index in [9.17, 15) is 14.7 Å². The van der Waals surface area contributed by atoms with Gasteiger partial charge in [0.2, 0.25) is 11.8 Å². The van der Waals surface area contributed by atoms with Crippen LogP contribution in [0.15, 0.2) is 73.2 Å². The standard InChI is InChI=1S/C38H54N4O4/c1-28(2)32(20-21-46-26-31-16-10-5-11-17-31)23-36(43)34(22-30-14-8-4-9-15-30)42-38(45)35(24-33-25-39-27-40-33)41-37(44)19-18-29-12-6-3-7-13-29/h3,5-7,10-13,16-17,25,27-28,30,32,34-36,43H,4,8-9,14-15,18-24,26H2,1-2H3,(H,39,40)(H,41,44)(H,42,45)/t32-,34-,35-,36-/m0/s1. The van der Waals surface area contributed by atoms with E-state index in [0.29, 0.717) is 44.3 Å². The number of nitrogens with one attached hydrogen (secondary N) is 3. The van der Waals surface area contributed by atoms with Crippen molar-refractivity contribution in [2.45, 2.75) is 109 Å². The molecular formula is C38H54N4O4. The molecule has 8 nitrogen and oxygen atoms in total. The Morgan fingerprint density at radius 2 is 1.67 bits per heavy atom. The van der Waals surface area contributed by atoms with Crippen molar-refractivity contribution >= 4 is 11.8 Å².